The first-order valence-electron chi connectivity index (χ1n) is 7.17. The molecule has 1 aromatic rings. The Morgan fingerprint density at radius 2 is 2.09 bits per heavy atom. The molecular formula is C14H20N4O5. The van der Waals surface area contributed by atoms with Crippen molar-refractivity contribution in [2.45, 2.75) is 6.54 Å². The van der Waals surface area contributed by atoms with Crippen molar-refractivity contribution in [3.63, 3.8) is 0 Å². The Morgan fingerprint density at radius 3 is 2.65 bits per heavy atom. The Morgan fingerprint density at radius 1 is 1.43 bits per heavy atom. The van der Waals surface area contributed by atoms with Crippen LogP contribution in [0.25, 0.3) is 0 Å². The molecule has 23 heavy (non-hydrogen) atoms. The van der Waals surface area contributed by atoms with Crippen LogP contribution in [-0.2, 0) is 11.3 Å². The standard InChI is InChI=1S/C14H20N4O5/c1-16(2)9-10-7-12(18(21)22)13(19)8-11(10)15-14(20)17-3-5-23-6-4-17/h7-8,19H,3-6,9H2,1-2H3,(H,15,20). The highest BCUT2D eigenvalue weighted by atomic mass is 16.6. The monoisotopic (exact) mass is 324 g/mol. The molecule has 2 amide bonds. The molecule has 1 fully saturated rings. The fourth-order valence-electron chi connectivity index (χ4n) is 2.31. The second-order valence-corrected chi connectivity index (χ2v) is 5.52. The number of phenolic OH excluding ortho intramolecular Hbond substituents is 1. The highest BCUT2D eigenvalue weighted by Crippen LogP contribution is 2.33. The molecule has 0 unspecified atom stereocenters. The van der Waals surface area contributed by atoms with Crippen LogP contribution in [0.3, 0.4) is 0 Å². The molecule has 9 heteroatoms. The van der Waals surface area contributed by atoms with Crippen LogP contribution < -0.4 is 5.32 Å². The number of nitro benzene ring substituents is 1. The van der Waals surface area contributed by atoms with Crippen LogP contribution in [0.15, 0.2) is 12.1 Å². The summed E-state index contributed by atoms with van der Waals surface area (Å²) in [4.78, 5) is 26.0. The third-order valence-corrected chi connectivity index (χ3v) is 3.42. The first kappa shape index (κ1) is 17.0. The van der Waals surface area contributed by atoms with Gasteiger partial charge in [-0.05, 0) is 19.7 Å². The SMILES string of the molecule is CN(C)Cc1cc([N+](=O)[O-])c(O)cc1NC(=O)N1CCOCC1. The van der Waals surface area contributed by atoms with Gasteiger partial charge in [-0.15, -0.1) is 0 Å². The Bertz CT molecular complexity index is 599. The van der Waals surface area contributed by atoms with Gasteiger partial charge in [0, 0.05) is 31.8 Å². The molecule has 0 saturated carbocycles. The number of benzene rings is 1. The normalized spacial score (nSPS) is 14.8. The first-order chi connectivity index (χ1) is 10.9. The number of ether oxygens (including phenoxy) is 1. The molecule has 1 saturated heterocycles. The molecule has 0 aromatic heterocycles. The van der Waals surface area contributed by atoms with Gasteiger partial charge in [0.2, 0.25) is 0 Å². The number of anilines is 1. The van der Waals surface area contributed by atoms with Crippen molar-refractivity contribution in [1.29, 1.82) is 0 Å². The minimum atomic E-state index is -0.651. The number of aromatic hydroxyl groups is 1. The lowest BCUT2D eigenvalue weighted by Crippen LogP contribution is -2.43. The zero-order valence-corrected chi connectivity index (χ0v) is 13.1. The van der Waals surface area contributed by atoms with Crippen molar-refractivity contribution >= 4 is 17.4 Å². The zero-order valence-electron chi connectivity index (χ0n) is 13.1. The van der Waals surface area contributed by atoms with Gasteiger partial charge in [-0.3, -0.25) is 10.1 Å². The van der Waals surface area contributed by atoms with E-state index in [0.717, 1.165) is 0 Å². The van der Waals surface area contributed by atoms with Gasteiger partial charge in [0.1, 0.15) is 0 Å². The largest absolute Gasteiger partial charge is 0.502 e. The molecule has 126 valence electrons. The number of nitrogens with zero attached hydrogens (tertiary/aromatic N) is 3. The van der Waals surface area contributed by atoms with Gasteiger partial charge in [0.05, 0.1) is 23.8 Å². The number of nitro groups is 1. The minimum absolute atomic E-state index is 0.318. The van der Waals surface area contributed by atoms with Crippen LogP contribution in [0.4, 0.5) is 16.2 Å². The van der Waals surface area contributed by atoms with Crippen LogP contribution >= 0.6 is 0 Å². The van der Waals surface area contributed by atoms with E-state index >= 15 is 0 Å². The summed E-state index contributed by atoms with van der Waals surface area (Å²) in [6.07, 6.45) is 0. The van der Waals surface area contributed by atoms with E-state index in [1.807, 2.05) is 19.0 Å². The molecule has 1 aliphatic rings. The molecular weight excluding hydrogens is 304 g/mol. The van der Waals surface area contributed by atoms with E-state index in [-0.39, 0.29) is 11.7 Å². The number of morpholine rings is 1. The topological polar surface area (TPSA) is 108 Å². The zero-order chi connectivity index (χ0) is 17.0. The second kappa shape index (κ2) is 7.25. The summed E-state index contributed by atoms with van der Waals surface area (Å²) in [7, 11) is 3.62. The maximum absolute atomic E-state index is 12.3. The smallest absolute Gasteiger partial charge is 0.322 e. The number of urea groups is 1. The lowest BCUT2D eigenvalue weighted by atomic mass is 10.1. The van der Waals surface area contributed by atoms with Gasteiger partial charge in [-0.25, -0.2) is 4.79 Å². The van der Waals surface area contributed by atoms with E-state index in [2.05, 4.69) is 5.32 Å². The number of carbonyl (C=O) groups excluding carboxylic acids is 1. The van der Waals surface area contributed by atoms with E-state index in [1.54, 1.807) is 4.90 Å². The summed E-state index contributed by atoms with van der Waals surface area (Å²) in [6, 6.07) is 2.18. The summed E-state index contributed by atoms with van der Waals surface area (Å²) in [5.41, 5.74) is 0.533. The van der Waals surface area contributed by atoms with Crippen LogP contribution in [0.1, 0.15) is 5.56 Å². The number of carbonyl (C=O) groups is 1. The van der Waals surface area contributed by atoms with Gasteiger partial charge in [-0.2, -0.15) is 0 Å². The molecule has 0 aliphatic carbocycles. The Labute approximate surface area is 133 Å². The van der Waals surface area contributed by atoms with E-state index in [9.17, 15) is 20.0 Å². The van der Waals surface area contributed by atoms with Gasteiger partial charge < -0.3 is 25.0 Å². The van der Waals surface area contributed by atoms with Crippen molar-refractivity contribution in [3.05, 3.63) is 27.8 Å². The Balaban J connectivity index is 2.26. The Kier molecular flexibility index (Phi) is 5.35. The fraction of sp³-hybridized carbons (Fsp3) is 0.500. The number of phenols is 1. The quantitative estimate of drug-likeness (QED) is 0.637. The predicted molar refractivity (Wildman–Crippen MR) is 83.6 cm³/mol. The summed E-state index contributed by atoms with van der Waals surface area (Å²) in [6.45, 7) is 2.30. The average molecular weight is 324 g/mol. The van der Waals surface area contributed by atoms with Gasteiger partial charge in [0.25, 0.3) is 0 Å². The molecule has 2 rings (SSSR count). The van der Waals surface area contributed by atoms with E-state index in [4.69, 9.17) is 4.74 Å². The van der Waals surface area contributed by atoms with Crippen molar-refractivity contribution in [2.24, 2.45) is 0 Å². The highest BCUT2D eigenvalue weighted by molar-refractivity contribution is 5.91. The van der Waals surface area contributed by atoms with Gasteiger partial charge in [-0.1, -0.05) is 0 Å². The van der Waals surface area contributed by atoms with E-state index < -0.39 is 10.7 Å². The summed E-state index contributed by atoms with van der Waals surface area (Å²) < 4.78 is 5.19. The number of nitrogens with one attached hydrogen (secondary N) is 1. The van der Waals surface area contributed by atoms with Gasteiger partial charge >= 0.3 is 11.7 Å². The van der Waals surface area contributed by atoms with Crippen LogP contribution in [0.2, 0.25) is 0 Å². The van der Waals surface area contributed by atoms with Crippen molar-refractivity contribution in [3.8, 4) is 5.75 Å². The van der Waals surface area contributed by atoms with Crippen molar-refractivity contribution < 1.29 is 19.6 Å². The third kappa shape index (κ3) is 4.30. The molecule has 0 radical (unpaired) electrons. The number of rotatable bonds is 4. The summed E-state index contributed by atoms with van der Waals surface area (Å²) in [5.74, 6) is -0.477. The fourth-order valence-corrected chi connectivity index (χ4v) is 2.31. The number of amides is 2. The molecule has 0 spiro atoms. The molecule has 1 heterocycles. The van der Waals surface area contributed by atoms with E-state index in [0.29, 0.717) is 44.1 Å². The van der Waals surface area contributed by atoms with Crippen LogP contribution in [-0.4, -0.2) is 66.3 Å². The average Bonchev–Trinajstić information content (AvgIpc) is 2.50. The van der Waals surface area contributed by atoms with Crippen molar-refractivity contribution in [2.75, 3.05) is 45.7 Å². The summed E-state index contributed by atoms with van der Waals surface area (Å²) in [5, 5.41) is 23.5. The lowest BCUT2D eigenvalue weighted by Gasteiger charge is -2.27. The van der Waals surface area contributed by atoms with Crippen LogP contribution in [0, 0.1) is 10.1 Å². The maximum Gasteiger partial charge on any atom is 0.322 e. The third-order valence-electron chi connectivity index (χ3n) is 3.42. The number of hydrogen-bond acceptors (Lipinski definition) is 6. The molecule has 1 aromatic carbocycles. The number of hydrogen-bond donors (Lipinski definition) is 2. The second-order valence-electron chi connectivity index (χ2n) is 5.52. The van der Waals surface area contributed by atoms with E-state index in [1.165, 1.54) is 12.1 Å². The molecule has 2 N–H and O–H groups in total. The predicted octanol–water partition coefficient (Wildman–Crippen LogP) is 1.23. The first-order valence-corrected chi connectivity index (χ1v) is 7.17. The summed E-state index contributed by atoms with van der Waals surface area (Å²) >= 11 is 0. The molecule has 0 bridgehead atoms. The van der Waals surface area contributed by atoms with Gasteiger partial charge in [0.15, 0.2) is 5.75 Å². The van der Waals surface area contributed by atoms with Crippen LogP contribution in [0.5, 0.6) is 5.75 Å². The lowest BCUT2D eigenvalue weighted by molar-refractivity contribution is -0.385. The Hall–Kier alpha value is -2.39. The maximum atomic E-state index is 12.3. The molecule has 9 nitrogen and oxygen atoms in total. The highest BCUT2D eigenvalue weighted by Gasteiger charge is 2.22. The molecule has 1 aliphatic heterocycles. The van der Waals surface area contributed by atoms with Crippen molar-refractivity contribution in [1.82, 2.24) is 9.80 Å². The minimum Gasteiger partial charge on any atom is -0.502 e. The molecule has 0 atom stereocenters.